The van der Waals surface area contributed by atoms with Crippen LogP contribution >= 0.6 is 11.3 Å². The van der Waals surface area contributed by atoms with Gasteiger partial charge in [-0.1, -0.05) is 0 Å². The highest BCUT2D eigenvalue weighted by Gasteiger charge is 2.39. The van der Waals surface area contributed by atoms with E-state index in [2.05, 4.69) is 10.3 Å². The predicted octanol–water partition coefficient (Wildman–Crippen LogP) is 3.23. The molecular formula is C18H16FN3O3S2. The Hall–Kier alpha value is -2.36. The Kier molecular flexibility index (Phi) is 4.67. The number of hydrogen-bond acceptors (Lipinski definition) is 5. The Morgan fingerprint density at radius 3 is 2.78 bits per heavy atom. The van der Waals surface area contributed by atoms with Crippen molar-refractivity contribution in [2.45, 2.75) is 23.8 Å². The first kappa shape index (κ1) is 18.0. The maximum atomic E-state index is 13.1. The lowest BCUT2D eigenvalue weighted by molar-refractivity contribution is -0.119. The first-order valence-corrected chi connectivity index (χ1v) is 10.7. The molecule has 0 spiro atoms. The second-order valence-electron chi connectivity index (χ2n) is 6.25. The molecule has 2 aromatic carbocycles. The van der Waals surface area contributed by atoms with E-state index in [1.807, 2.05) is 12.1 Å². The highest BCUT2D eigenvalue weighted by molar-refractivity contribution is 7.89. The van der Waals surface area contributed by atoms with Crippen molar-refractivity contribution in [1.82, 2.24) is 9.29 Å². The highest BCUT2D eigenvalue weighted by Crippen LogP contribution is 2.28. The molecule has 0 saturated carbocycles. The van der Waals surface area contributed by atoms with E-state index in [9.17, 15) is 17.6 Å². The van der Waals surface area contributed by atoms with Gasteiger partial charge in [0.25, 0.3) is 0 Å². The van der Waals surface area contributed by atoms with Crippen LogP contribution in [0.1, 0.15) is 12.8 Å². The maximum Gasteiger partial charge on any atom is 0.243 e. The number of carbonyl (C=O) groups excluding carboxylic acids is 1. The molecule has 0 bridgehead atoms. The van der Waals surface area contributed by atoms with E-state index in [0.29, 0.717) is 18.5 Å². The first-order valence-electron chi connectivity index (χ1n) is 8.37. The summed E-state index contributed by atoms with van der Waals surface area (Å²) < 4.78 is 41.0. The van der Waals surface area contributed by atoms with Crippen molar-refractivity contribution in [2.24, 2.45) is 0 Å². The molecule has 1 fully saturated rings. The second kappa shape index (κ2) is 6.99. The monoisotopic (exact) mass is 405 g/mol. The van der Waals surface area contributed by atoms with Gasteiger partial charge in [-0.15, -0.1) is 11.3 Å². The highest BCUT2D eigenvalue weighted by atomic mass is 32.2. The van der Waals surface area contributed by atoms with Gasteiger partial charge in [0, 0.05) is 12.2 Å². The molecule has 0 radical (unpaired) electrons. The molecule has 1 unspecified atom stereocenters. The third-order valence-electron chi connectivity index (χ3n) is 4.53. The average molecular weight is 405 g/mol. The second-order valence-corrected chi connectivity index (χ2v) is 9.03. The minimum absolute atomic E-state index is 0.0188. The van der Waals surface area contributed by atoms with Gasteiger partial charge in [0.2, 0.25) is 15.9 Å². The fraction of sp³-hybridized carbons (Fsp3) is 0.222. The third-order valence-corrected chi connectivity index (χ3v) is 7.24. The number of amides is 1. The number of nitrogens with one attached hydrogen (secondary N) is 1. The van der Waals surface area contributed by atoms with Crippen molar-refractivity contribution in [3.8, 4) is 0 Å². The molecule has 3 aromatic rings. The molecule has 2 heterocycles. The van der Waals surface area contributed by atoms with Crippen LogP contribution in [0.4, 0.5) is 10.1 Å². The zero-order chi connectivity index (χ0) is 19.0. The normalized spacial score (nSPS) is 18.0. The number of rotatable bonds is 4. The summed E-state index contributed by atoms with van der Waals surface area (Å²) in [4.78, 5) is 16.9. The van der Waals surface area contributed by atoms with Gasteiger partial charge in [-0.25, -0.2) is 17.8 Å². The van der Waals surface area contributed by atoms with Crippen LogP contribution in [0, 0.1) is 5.82 Å². The van der Waals surface area contributed by atoms with E-state index in [1.165, 1.54) is 27.8 Å². The fourth-order valence-corrected chi connectivity index (χ4v) is 5.56. The largest absolute Gasteiger partial charge is 0.325 e. The van der Waals surface area contributed by atoms with Crippen molar-refractivity contribution in [2.75, 3.05) is 11.9 Å². The van der Waals surface area contributed by atoms with E-state index < -0.39 is 21.9 Å². The molecular weight excluding hydrogens is 389 g/mol. The van der Waals surface area contributed by atoms with Crippen molar-refractivity contribution >= 4 is 43.2 Å². The van der Waals surface area contributed by atoms with Crippen LogP contribution in [0.2, 0.25) is 0 Å². The van der Waals surface area contributed by atoms with Crippen molar-refractivity contribution < 1.29 is 17.6 Å². The van der Waals surface area contributed by atoms with Gasteiger partial charge in [-0.2, -0.15) is 4.31 Å². The molecule has 1 N–H and O–H groups in total. The number of carbonyl (C=O) groups is 1. The first-order chi connectivity index (χ1) is 12.9. The Labute approximate surface area is 159 Å². The van der Waals surface area contributed by atoms with Crippen molar-refractivity contribution in [3.63, 3.8) is 0 Å². The molecule has 27 heavy (non-hydrogen) atoms. The molecule has 4 rings (SSSR count). The van der Waals surface area contributed by atoms with Crippen LogP contribution in [-0.4, -0.2) is 36.2 Å². The van der Waals surface area contributed by atoms with Crippen LogP contribution in [0.5, 0.6) is 0 Å². The summed E-state index contributed by atoms with van der Waals surface area (Å²) in [5, 5.41) is 2.80. The number of halogens is 1. The number of benzene rings is 2. The Morgan fingerprint density at radius 2 is 2.00 bits per heavy atom. The van der Waals surface area contributed by atoms with E-state index in [-0.39, 0.29) is 17.3 Å². The topological polar surface area (TPSA) is 79.4 Å². The zero-order valence-electron chi connectivity index (χ0n) is 14.1. The Morgan fingerprint density at radius 1 is 1.22 bits per heavy atom. The molecule has 1 aromatic heterocycles. The maximum absolute atomic E-state index is 13.1. The lowest BCUT2D eigenvalue weighted by atomic mass is 10.2. The predicted molar refractivity (Wildman–Crippen MR) is 102 cm³/mol. The number of nitrogens with zero attached hydrogens (tertiary/aromatic N) is 2. The number of thiazole rings is 1. The smallest absolute Gasteiger partial charge is 0.243 e. The summed E-state index contributed by atoms with van der Waals surface area (Å²) in [7, 11) is -3.87. The van der Waals surface area contributed by atoms with Gasteiger partial charge >= 0.3 is 0 Å². The lowest BCUT2D eigenvalue weighted by Gasteiger charge is -2.23. The van der Waals surface area contributed by atoms with Gasteiger partial charge in [0.15, 0.2) is 0 Å². The fourth-order valence-electron chi connectivity index (χ4n) is 3.19. The van der Waals surface area contributed by atoms with Crippen LogP contribution in [0.25, 0.3) is 10.2 Å². The summed E-state index contributed by atoms with van der Waals surface area (Å²) in [5.74, 6) is -0.884. The summed E-state index contributed by atoms with van der Waals surface area (Å²) in [6, 6.07) is 9.21. The van der Waals surface area contributed by atoms with E-state index in [4.69, 9.17) is 0 Å². The summed E-state index contributed by atoms with van der Waals surface area (Å²) >= 11 is 1.46. The minimum atomic E-state index is -3.87. The van der Waals surface area contributed by atoms with Gasteiger partial charge < -0.3 is 5.32 Å². The summed E-state index contributed by atoms with van der Waals surface area (Å²) in [6.45, 7) is 0.256. The van der Waals surface area contributed by atoms with Gasteiger partial charge in [-0.05, 0) is 55.3 Å². The van der Waals surface area contributed by atoms with Crippen LogP contribution in [0.15, 0.2) is 52.9 Å². The van der Waals surface area contributed by atoms with Gasteiger partial charge in [0.05, 0.1) is 20.6 Å². The summed E-state index contributed by atoms with van der Waals surface area (Å²) in [5.41, 5.74) is 3.17. The van der Waals surface area contributed by atoms with E-state index in [1.54, 1.807) is 11.6 Å². The molecule has 1 atom stereocenters. The van der Waals surface area contributed by atoms with Gasteiger partial charge in [-0.3, -0.25) is 4.79 Å². The van der Waals surface area contributed by atoms with Gasteiger partial charge in [0.1, 0.15) is 11.9 Å². The minimum Gasteiger partial charge on any atom is -0.325 e. The van der Waals surface area contributed by atoms with Crippen molar-refractivity contribution in [1.29, 1.82) is 0 Å². The molecule has 1 aliphatic rings. The van der Waals surface area contributed by atoms with E-state index in [0.717, 1.165) is 22.3 Å². The molecule has 140 valence electrons. The molecule has 1 aliphatic heterocycles. The van der Waals surface area contributed by atoms with Crippen molar-refractivity contribution in [3.05, 3.63) is 53.8 Å². The number of sulfonamides is 1. The third kappa shape index (κ3) is 3.45. The molecule has 9 heteroatoms. The van der Waals surface area contributed by atoms with Crippen LogP contribution < -0.4 is 5.32 Å². The number of fused-ring (bicyclic) bond motifs is 1. The number of aromatic nitrogens is 1. The number of hydrogen-bond donors (Lipinski definition) is 1. The lowest BCUT2D eigenvalue weighted by Crippen LogP contribution is -2.43. The van der Waals surface area contributed by atoms with Crippen LogP contribution in [0.3, 0.4) is 0 Å². The van der Waals surface area contributed by atoms with E-state index >= 15 is 0 Å². The standard InChI is InChI=1S/C18H16FN3O3S2/c19-12-3-6-14(7-4-12)27(24,25)22-9-1-2-16(22)18(23)21-13-5-8-15-17(10-13)26-11-20-15/h3-8,10-11,16H,1-2,9H2,(H,21,23). The molecule has 1 amide bonds. The average Bonchev–Trinajstić information content (AvgIpc) is 3.31. The quantitative estimate of drug-likeness (QED) is 0.723. The molecule has 6 nitrogen and oxygen atoms in total. The molecule has 0 aliphatic carbocycles. The zero-order valence-corrected chi connectivity index (χ0v) is 15.8. The SMILES string of the molecule is O=C(Nc1ccc2ncsc2c1)C1CCCN1S(=O)(=O)c1ccc(F)cc1. The Balaban J connectivity index is 1.56. The Bertz CT molecular complexity index is 1100. The summed E-state index contributed by atoms with van der Waals surface area (Å²) in [6.07, 6.45) is 1.03. The number of anilines is 1. The van der Waals surface area contributed by atoms with Crippen LogP contribution in [-0.2, 0) is 14.8 Å². The molecule has 1 saturated heterocycles.